The molecule has 0 amide bonds. The zero-order valence-corrected chi connectivity index (χ0v) is 11.4. The van der Waals surface area contributed by atoms with E-state index in [1.165, 1.54) is 26.1 Å². The molecule has 18 heavy (non-hydrogen) atoms. The summed E-state index contributed by atoms with van der Waals surface area (Å²) in [5.74, 6) is 0.598. The fourth-order valence-corrected chi connectivity index (χ4v) is 3.20. The Morgan fingerprint density at radius 3 is 2.72 bits per heavy atom. The fourth-order valence-electron chi connectivity index (χ4n) is 2.15. The summed E-state index contributed by atoms with van der Waals surface area (Å²) in [6.07, 6.45) is 3.79. The molecular weight excluding hydrogens is 238 g/mol. The number of rotatable bonds is 2. The Hall–Kier alpha value is -1.67. The third-order valence-electron chi connectivity index (χ3n) is 3.14. The van der Waals surface area contributed by atoms with Crippen molar-refractivity contribution in [3.05, 3.63) is 53.7 Å². The Bertz CT molecular complexity index is 677. The van der Waals surface area contributed by atoms with E-state index in [4.69, 9.17) is 0 Å². The van der Waals surface area contributed by atoms with Crippen LogP contribution < -0.4 is 0 Å². The fraction of sp³-hybridized carbons (Fsp3) is 0.188. The minimum Gasteiger partial charge on any atom is -0.264 e. The first-order chi connectivity index (χ1) is 8.75. The summed E-state index contributed by atoms with van der Waals surface area (Å²) in [6, 6.07) is 13.0. The van der Waals surface area contributed by atoms with Gasteiger partial charge in [-0.05, 0) is 35.1 Å². The highest BCUT2D eigenvalue weighted by Gasteiger charge is 2.08. The maximum atomic E-state index is 4.18. The van der Waals surface area contributed by atoms with Gasteiger partial charge in [-0.15, -0.1) is 11.3 Å². The van der Waals surface area contributed by atoms with Gasteiger partial charge >= 0.3 is 0 Å². The Morgan fingerprint density at radius 2 is 1.94 bits per heavy atom. The SMILES string of the molecule is CC(C)c1ccc(-c2cccc3cnccc23)s1. The first-order valence-corrected chi connectivity index (χ1v) is 7.00. The van der Waals surface area contributed by atoms with Crippen molar-refractivity contribution in [2.24, 2.45) is 0 Å². The van der Waals surface area contributed by atoms with Gasteiger partial charge in [-0.25, -0.2) is 0 Å². The number of hydrogen-bond acceptors (Lipinski definition) is 2. The second-order valence-electron chi connectivity index (χ2n) is 4.76. The Kier molecular flexibility index (Phi) is 2.88. The van der Waals surface area contributed by atoms with Crippen LogP contribution in [0.3, 0.4) is 0 Å². The Labute approximate surface area is 111 Å². The van der Waals surface area contributed by atoms with Gasteiger partial charge in [-0.1, -0.05) is 32.0 Å². The molecule has 2 aromatic heterocycles. The predicted octanol–water partition coefficient (Wildman–Crippen LogP) is 5.09. The maximum Gasteiger partial charge on any atom is 0.0352 e. The van der Waals surface area contributed by atoms with Crippen LogP contribution in [0.5, 0.6) is 0 Å². The summed E-state index contributed by atoms with van der Waals surface area (Å²) in [5, 5.41) is 2.49. The summed E-state index contributed by atoms with van der Waals surface area (Å²) in [7, 11) is 0. The molecule has 3 rings (SSSR count). The first-order valence-electron chi connectivity index (χ1n) is 6.18. The van der Waals surface area contributed by atoms with Gasteiger partial charge in [0.05, 0.1) is 0 Å². The molecule has 0 aliphatic carbocycles. The molecule has 0 saturated heterocycles. The number of aromatic nitrogens is 1. The van der Waals surface area contributed by atoms with Gasteiger partial charge in [-0.3, -0.25) is 4.98 Å². The molecule has 2 heteroatoms. The lowest BCUT2D eigenvalue weighted by atomic mass is 10.1. The molecule has 2 heterocycles. The van der Waals surface area contributed by atoms with E-state index in [0.717, 1.165) is 0 Å². The van der Waals surface area contributed by atoms with Crippen molar-refractivity contribution >= 4 is 22.1 Å². The minimum atomic E-state index is 0.598. The van der Waals surface area contributed by atoms with E-state index >= 15 is 0 Å². The lowest BCUT2D eigenvalue weighted by Gasteiger charge is -2.04. The number of benzene rings is 1. The molecule has 0 unspecified atom stereocenters. The molecule has 0 saturated carbocycles. The van der Waals surface area contributed by atoms with E-state index < -0.39 is 0 Å². The molecule has 0 N–H and O–H groups in total. The van der Waals surface area contributed by atoms with E-state index in [-0.39, 0.29) is 0 Å². The molecule has 0 atom stereocenters. The van der Waals surface area contributed by atoms with Crippen LogP contribution in [0.1, 0.15) is 24.6 Å². The standard InChI is InChI=1S/C16H15NS/c1-11(2)15-6-7-16(18-15)14-5-3-4-12-10-17-9-8-13(12)14/h3-11H,1-2H3. The van der Waals surface area contributed by atoms with Crippen molar-refractivity contribution in [2.75, 3.05) is 0 Å². The van der Waals surface area contributed by atoms with Crippen LogP contribution in [-0.2, 0) is 0 Å². The largest absolute Gasteiger partial charge is 0.264 e. The quantitative estimate of drug-likeness (QED) is 0.620. The topological polar surface area (TPSA) is 12.9 Å². The van der Waals surface area contributed by atoms with E-state index in [2.05, 4.69) is 55.2 Å². The van der Waals surface area contributed by atoms with Crippen molar-refractivity contribution in [3.63, 3.8) is 0 Å². The van der Waals surface area contributed by atoms with Gasteiger partial charge in [0.1, 0.15) is 0 Å². The predicted molar refractivity (Wildman–Crippen MR) is 79.1 cm³/mol. The molecule has 0 spiro atoms. The van der Waals surface area contributed by atoms with Crippen LogP contribution in [0.4, 0.5) is 0 Å². The number of pyridine rings is 1. The lowest BCUT2D eigenvalue weighted by molar-refractivity contribution is 0.890. The number of nitrogens with zero attached hydrogens (tertiary/aromatic N) is 1. The molecule has 0 radical (unpaired) electrons. The average molecular weight is 253 g/mol. The van der Waals surface area contributed by atoms with Crippen LogP contribution in [0.25, 0.3) is 21.2 Å². The lowest BCUT2D eigenvalue weighted by Crippen LogP contribution is -1.79. The second kappa shape index (κ2) is 4.54. The zero-order chi connectivity index (χ0) is 12.5. The van der Waals surface area contributed by atoms with E-state index in [0.29, 0.717) is 5.92 Å². The summed E-state index contributed by atoms with van der Waals surface area (Å²) in [5.41, 5.74) is 1.31. The van der Waals surface area contributed by atoms with Crippen LogP contribution >= 0.6 is 11.3 Å². The van der Waals surface area contributed by atoms with E-state index in [1.54, 1.807) is 0 Å². The molecule has 0 aliphatic heterocycles. The van der Waals surface area contributed by atoms with E-state index in [1.807, 2.05) is 23.7 Å². The zero-order valence-electron chi connectivity index (χ0n) is 10.6. The van der Waals surface area contributed by atoms with Gasteiger partial charge in [0, 0.05) is 27.5 Å². The summed E-state index contributed by atoms with van der Waals surface area (Å²) in [6.45, 7) is 4.48. The molecule has 3 aromatic rings. The molecule has 1 aromatic carbocycles. The molecule has 0 fully saturated rings. The van der Waals surface area contributed by atoms with Gasteiger partial charge in [-0.2, -0.15) is 0 Å². The van der Waals surface area contributed by atoms with Gasteiger partial charge in [0.15, 0.2) is 0 Å². The normalized spacial score (nSPS) is 11.3. The summed E-state index contributed by atoms with van der Waals surface area (Å²) >= 11 is 1.89. The number of thiophene rings is 1. The Balaban J connectivity index is 2.18. The number of fused-ring (bicyclic) bond motifs is 1. The highest BCUT2D eigenvalue weighted by Crippen LogP contribution is 2.35. The van der Waals surface area contributed by atoms with Crippen molar-refractivity contribution in [1.29, 1.82) is 0 Å². The molecule has 1 nitrogen and oxygen atoms in total. The van der Waals surface area contributed by atoms with E-state index in [9.17, 15) is 0 Å². The second-order valence-corrected chi connectivity index (χ2v) is 5.87. The van der Waals surface area contributed by atoms with Gasteiger partial charge in [0.2, 0.25) is 0 Å². The highest BCUT2D eigenvalue weighted by atomic mass is 32.1. The van der Waals surface area contributed by atoms with Crippen molar-refractivity contribution in [2.45, 2.75) is 19.8 Å². The van der Waals surface area contributed by atoms with Crippen LogP contribution in [0.15, 0.2) is 48.8 Å². The molecule has 90 valence electrons. The third-order valence-corrected chi connectivity index (χ3v) is 4.56. The van der Waals surface area contributed by atoms with Crippen molar-refractivity contribution < 1.29 is 0 Å². The summed E-state index contributed by atoms with van der Waals surface area (Å²) < 4.78 is 0. The number of hydrogen-bond donors (Lipinski definition) is 0. The van der Waals surface area contributed by atoms with Gasteiger partial charge < -0.3 is 0 Å². The highest BCUT2D eigenvalue weighted by molar-refractivity contribution is 7.15. The smallest absolute Gasteiger partial charge is 0.0352 e. The van der Waals surface area contributed by atoms with Crippen LogP contribution in [0, 0.1) is 0 Å². The molecule has 0 aliphatic rings. The van der Waals surface area contributed by atoms with Crippen LogP contribution in [-0.4, -0.2) is 4.98 Å². The first kappa shape index (κ1) is 11.4. The van der Waals surface area contributed by atoms with Crippen molar-refractivity contribution in [1.82, 2.24) is 4.98 Å². The minimum absolute atomic E-state index is 0.598. The third kappa shape index (κ3) is 1.93. The monoisotopic (exact) mass is 253 g/mol. The maximum absolute atomic E-state index is 4.18. The van der Waals surface area contributed by atoms with Crippen molar-refractivity contribution in [3.8, 4) is 10.4 Å². The molecule has 0 bridgehead atoms. The van der Waals surface area contributed by atoms with Gasteiger partial charge in [0.25, 0.3) is 0 Å². The van der Waals surface area contributed by atoms with Crippen LogP contribution in [0.2, 0.25) is 0 Å². The summed E-state index contributed by atoms with van der Waals surface area (Å²) in [4.78, 5) is 6.97. The average Bonchev–Trinajstić information content (AvgIpc) is 2.87. The Morgan fingerprint density at radius 1 is 1.06 bits per heavy atom. The molecular formula is C16H15NS.